The first kappa shape index (κ1) is 15.7. The summed E-state index contributed by atoms with van der Waals surface area (Å²) in [6.07, 6.45) is 0.668. The molecule has 2 aromatic rings. The molecule has 2 aromatic carbocycles. The molecule has 2 aliphatic rings. The number of hydrogen-bond donors (Lipinski definition) is 0. The van der Waals surface area contributed by atoms with Crippen molar-refractivity contribution in [3.8, 4) is 5.75 Å². The zero-order chi connectivity index (χ0) is 17.6. The van der Waals surface area contributed by atoms with E-state index in [0.29, 0.717) is 30.3 Å². The molecule has 2 aliphatic heterocycles. The van der Waals surface area contributed by atoms with E-state index < -0.39 is 23.1 Å². The van der Waals surface area contributed by atoms with Gasteiger partial charge in [0.2, 0.25) is 0 Å². The maximum Gasteiger partial charge on any atom is 0.256 e. The van der Waals surface area contributed by atoms with Gasteiger partial charge in [0.15, 0.2) is 5.78 Å². The number of ether oxygens (including phenoxy) is 1. The first-order valence-electron chi connectivity index (χ1n) is 8.03. The summed E-state index contributed by atoms with van der Waals surface area (Å²) < 4.78 is 33.0. The van der Waals surface area contributed by atoms with Crippen LogP contribution < -0.4 is 4.74 Å². The average Bonchev–Trinajstić information content (AvgIpc) is 2.97. The minimum absolute atomic E-state index is 0.0240. The third kappa shape index (κ3) is 2.67. The Bertz CT molecular complexity index is 883. The number of amides is 1. The van der Waals surface area contributed by atoms with E-state index in [4.69, 9.17) is 4.74 Å². The minimum Gasteiger partial charge on any atom is -0.484 e. The second-order valence-corrected chi connectivity index (χ2v) is 6.48. The molecular weight excluding hydrogens is 328 g/mol. The maximum atomic E-state index is 13.9. The van der Waals surface area contributed by atoms with Crippen LogP contribution in [0.5, 0.6) is 5.75 Å². The van der Waals surface area contributed by atoms with Crippen LogP contribution in [0, 0.1) is 11.6 Å². The van der Waals surface area contributed by atoms with Crippen LogP contribution in [-0.4, -0.2) is 35.3 Å². The Hall–Kier alpha value is -2.76. The molecule has 1 amide bonds. The number of hydrogen-bond acceptors (Lipinski definition) is 3. The number of nitrogens with zero attached hydrogens (tertiary/aromatic N) is 1. The lowest BCUT2D eigenvalue weighted by Crippen LogP contribution is -2.45. The van der Waals surface area contributed by atoms with Crippen molar-refractivity contribution in [2.45, 2.75) is 18.4 Å². The predicted molar refractivity (Wildman–Crippen MR) is 85.6 cm³/mol. The summed E-state index contributed by atoms with van der Waals surface area (Å²) >= 11 is 0. The summed E-state index contributed by atoms with van der Waals surface area (Å²) in [5, 5.41) is 0. The Morgan fingerprint density at radius 1 is 1.16 bits per heavy atom. The topological polar surface area (TPSA) is 46.6 Å². The van der Waals surface area contributed by atoms with Crippen molar-refractivity contribution in [1.82, 2.24) is 4.90 Å². The van der Waals surface area contributed by atoms with Gasteiger partial charge in [-0.05, 0) is 24.3 Å². The standard InChI is InChI=1S/C19H15F2NO3/c20-12-5-6-13(15(21)9-12)18(24)22-8-7-19(11-22)10-16(23)14-3-1-2-4-17(14)25-19/h1-6,9H,7-8,10-11H2. The fourth-order valence-electron chi connectivity index (χ4n) is 3.52. The molecule has 1 fully saturated rings. The molecule has 0 saturated carbocycles. The zero-order valence-corrected chi connectivity index (χ0v) is 13.3. The normalized spacial score (nSPS) is 22.0. The van der Waals surface area contributed by atoms with Crippen LogP contribution in [0.1, 0.15) is 33.6 Å². The van der Waals surface area contributed by atoms with Gasteiger partial charge < -0.3 is 9.64 Å². The van der Waals surface area contributed by atoms with E-state index >= 15 is 0 Å². The van der Waals surface area contributed by atoms with Gasteiger partial charge in [0.05, 0.1) is 24.1 Å². The average molecular weight is 343 g/mol. The number of fused-ring (bicyclic) bond motifs is 1. The van der Waals surface area contributed by atoms with Gasteiger partial charge in [-0.2, -0.15) is 0 Å². The molecular formula is C19H15F2NO3. The number of ketones is 1. The number of likely N-dealkylation sites (tertiary alicyclic amines) is 1. The van der Waals surface area contributed by atoms with Crippen LogP contribution in [0.25, 0.3) is 0 Å². The van der Waals surface area contributed by atoms with Crippen molar-refractivity contribution in [2.75, 3.05) is 13.1 Å². The molecule has 0 radical (unpaired) electrons. The first-order valence-corrected chi connectivity index (χ1v) is 8.03. The lowest BCUT2D eigenvalue weighted by molar-refractivity contribution is 0.0427. The second kappa shape index (κ2) is 5.65. The van der Waals surface area contributed by atoms with Gasteiger partial charge in [-0.25, -0.2) is 8.78 Å². The Labute approximate surface area is 143 Å². The molecule has 4 rings (SSSR count). The highest BCUT2D eigenvalue weighted by molar-refractivity contribution is 6.00. The van der Waals surface area contributed by atoms with E-state index in [-0.39, 0.29) is 24.3 Å². The molecule has 1 atom stereocenters. The van der Waals surface area contributed by atoms with Gasteiger partial charge in [0.1, 0.15) is 23.0 Å². The summed E-state index contributed by atoms with van der Waals surface area (Å²) in [5.41, 5.74) is -0.416. The molecule has 6 heteroatoms. The van der Waals surface area contributed by atoms with Crippen LogP contribution in [0.3, 0.4) is 0 Å². The number of benzene rings is 2. The molecule has 1 spiro atoms. The van der Waals surface area contributed by atoms with Crippen LogP contribution in [0.2, 0.25) is 0 Å². The van der Waals surface area contributed by atoms with Gasteiger partial charge in [-0.1, -0.05) is 12.1 Å². The smallest absolute Gasteiger partial charge is 0.256 e. The van der Waals surface area contributed by atoms with Crippen molar-refractivity contribution in [3.05, 3.63) is 65.2 Å². The van der Waals surface area contributed by atoms with E-state index in [2.05, 4.69) is 0 Å². The molecule has 0 bridgehead atoms. The number of para-hydroxylation sites is 1. The fraction of sp³-hybridized carbons (Fsp3) is 0.263. The highest BCUT2D eigenvalue weighted by Crippen LogP contribution is 2.39. The summed E-state index contributed by atoms with van der Waals surface area (Å²) in [6, 6.07) is 9.90. The molecule has 1 saturated heterocycles. The first-order chi connectivity index (χ1) is 12.0. The quantitative estimate of drug-likeness (QED) is 0.799. The van der Waals surface area contributed by atoms with Crippen molar-refractivity contribution in [2.24, 2.45) is 0 Å². The molecule has 0 aliphatic carbocycles. The second-order valence-electron chi connectivity index (χ2n) is 6.48. The summed E-state index contributed by atoms with van der Waals surface area (Å²) in [7, 11) is 0. The summed E-state index contributed by atoms with van der Waals surface area (Å²) in [4.78, 5) is 26.4. The fourth-order valence-corrected chi connectivity index (χ4v) is 3.52. The molecule has 128 valence electrons. The number of carbonyl (C=O) groups excluding carboxylic acids is 2. The summed E-state index contributed by atoms with van der Waals surface area (Å²) in [6.45, 7) is 0.549. The van der Waals surface area contributed by atoms with Crippen molar-refractivity contribution < 1.29 is 23.1 Å². The van der Waals surface area contributed by atoms with E-state index in [9.17, 15) is 18.4 Å². The van der Waals surface area contributed by atoms with Crippen LogP contribution in [-0.2, 0) is 0 Å². The Kier molecular flexibility index (Phi) is 3.56. The number of carbonyl (C=O) groups is 2. The molecule has 2 heterocycles. The van der Waals surface area contributed by atoms with Gasteiger partial charge in [-0.3, -0.25) is 9.59 Å². The molecule has 0 N–H and O–H groups in total. The lowest BCUT2D eigenvalue weighted by atomic mass is 9.89. The highest BCUT2D eigenvalue weighted by Gasteiger charge is 2.47. The Morgan fingerprint density at radius 3 is 2.76 bits per heavy atom. The van der Waals surface area contributed by atoms with Gasteiger partial charge >= 0.3 is 0 Å². The zero-order valence-electron chi connectivity index (χ0n) is 13.3. The maximum absolute atomic E-state index is 13.9. The van der Waals surface area contributed by atoms with E-state index in [1.165, 1.54) is 4.90 Å². The van der Waals surface area contributed by atoms with E-state index in [1.54, 1.807) is 24.3 Å². The van der Waals surface area contributed by atoms with Gasteiger partial charge in [-0.15, -0.1) is 0 Å². The van der Waals surface area contributed by atoms with E-state index in [0.717, 1.165) is 12.1 Å². The van der Waals surface area contributed by atoms with Crippen LogP contribution >= 0.6 is 0 Å². The third-order valence-corrected chi connectivity index (χ3v) is 4.76. The minimum atomic E-state index is -0.892. The van der Waals surface area contributed by atoms with Crippen LogP contribution in [0.15, 0.2) is 42.5 Å². The molecule has 25 heavy (non-hydrogen) atoms. The Morgan fingerprint density at radius 2 is 1.96 bits per heavy atom. The van der Waals surface area contributed by atoms with Crippen molar-refractivity contribution in [1.29, 1.82) is 0 Å². The summed E-state index contributed by atoms with van der Waals surface area (Å²) in [5.74, 6) is -1.66. The number of rotatable bonds is 1. The molecule has 1 unspecified atom stereocenters. The highest BCUT2D eigenvalue weighted by atomic mass is 19.1. The van der Waals surface area contributed by atoms with Gasteiger partial charge in [0, 0.05) is 19.0 Å². The van der Waals surface area contributed by atoms with Crippen LogP contribution in [0.4, 0.5) is 8.78 Å². The van der Waals surface area contributed by atoms with Crippen molar-refractivity contribution in [3.63, 3.8) is 0 Å². The molecule has 0 aromatic heterocycles. The van der Waals surface area contributed by atoms with Crippen molar-refractivity contribution >= 4 is 11.7 Å². The predicted octanol–water partition coefficient (Wildman–Crippen LogP) is 3.21. The number of halogens is 2. The third-order valence-electron chi connectivity index (χ3n) is 4.76. The SMILES string of the molecule is O=C1CC2(CCN(C(=O)c3ccc(F)cc3F)C2)Oc2ccccc21. The largest absolute Gasteiger partial charge is 0.484 e. The molecule has 4 nitrogen and oxygen atoms in total. The number of Topliss-reactive ketones (excluding diaryl/α,β-unsaturated/α-hetero) is 1. The Balaban J connectivity index is 1.57. The van der Waals surface area contributed by atoms with E-state index in [1.807, 2.05) is 0 Å². The monoisotopic (exact) mass is 343 g/mol. The van der Waals surface area contributed by atoms with Gasteiger partial charge in [0.25, 0.3) is 5.91 Å². The lowest BCUT2D eigenvalue weighted by Gasteiger charge is -2.34.